The van der Waals surface area contributed by atoms with Crippen LogP contribution in [0, 0.1) is 0 Å². The first-order valence-electron chi connectivity index (χ1n) is 5.97. The Balaban J connectivity index is 2.54. The molecule has 0 N–H and O–H groups in total. The maximum absolute atomic E-state index is 3.96. The highest BCUT2D eigenvalue weighted by Gasteiger charge is 2.09. The maximum atomic E-state index is 3.96. The largest absolute Gasteiger partial charge is 0.102 e. The van der Waals surface area contributed by atoms with Gasteiger partial charge in [0, 0.05) is 5.92 Å². The minimum atomic E-state index is 0.482. The Hall–Kier alpha value is -1.56. The van der Waals surface area contributed by atoms with E-state index in [9.17, 15) is 0 Å². The average Bonchev–Trinajstić information content (AvgIpc) is 2.35. The first-order chi connectivity index (χ1) is 7.86. The highest BCUT2D eigenvalue weighted by molar-refractivity contribution is 5.86. The molecule has 0 radical (unpaired) electrons. The van der Waals surface area contributed by atoms with Gasteiger partial charge in [0.05, 0.1) is 0 Å². The molecule has 0 fully saturated rings. The lowest BCUT2D eigenvalue weighted by molar-refractivity contribution is 0.723. The van der Waals surface area contributed by atoms with Crippen LogP contribution in [-0.4, -0.2) is 0 Å². The lowest BCUT2D eigenvalue weighted by Gasteiger charge is -2.14. The molecule has 0 amide bonds. The number of allylic oxidation sites excluding steroid dienone is 1. The van der Waals surface area contributed by atoms with Gasteiger partial charge in [-0.25, -0.2) is 0 Å². The minimum Gasteiger partial charge on any atom is -0.102 e. The average molecular weight is 210 g/mol. The van der Waals surface area contributed by atoms with Crippen LogP contribution in [0.4, 0.5) is 0 Å². The van der Waals surface area contributed by atoms with Crippen molar-refractivity contribution in [2.75, 3.05) is 0 Å². The van der Waals surface area contributed by atoms with Crippen LogP contribution in [0.2, 0.25) is 0 Å². The van der Waals surface area contributed by atoms with Gasteiger partial charge in [0.25, 0.3) is 0 Å². The molecule has 2 rings (SSSR count). The molecule has 0 aliphatic heterocycles. The molecule has 0 heteroatoms. The fourth-order valence-electron chi connectivity index (χ4n) is 2.29. The fraction of sp³-hybridized carbons (Fsp3) is 0.250. The Bertz CT molecular complexity index is 477. The van der Waals surface area contributed by atoms with Crippen molar-refractivity contribution in [3.8, 4) is 0 Å². The molecule has 0 heterocycles. The van der Waals surface area contributed by atoms with Crippen molar-refractivity contribution in [3.05, 3.63) is 60.7 Å². The summed E-state index contributed by atoms with van der Waals surface area (Å²) in [7, 11) is 0. The monoisotopic (exact) mass is 210 g/mol. The second-order valence-electron chi connectivity index (χ2n) is 4.20. The Morgan fingerprint density at radius 2 is 1.88 bits per heavy atom. The van der Waals surface area contributed by atoms with Crippen molar-refractivity contribution in [1.29, 1.82) is 0 Å². The van der Waals surface area contributed by atoms with Crippen LogP contribution in [0.5, 0.6) is 0 Å². The zero-order valence-corrected chi connectivity index (χ0v) is 9.82. The van der Waals surface area contributed by atoms with Crippen LogP contribution in [0.25, 0.3) is 10.8 Å². The van der Waals surface area contributed by atoms with Crippen molar-refractivity contribution in [2.24, 2.45) is 0 Å². The second kappa shape index (κ2) is 4.98. The smallest absolute Gasteiger partial charge is 0.00213 e. The molecule has 1 atom stereocenters. The Kier molecular flexibility index (Phi) is 3.40. The van der Waals surface area contributed by atoms with Gasteiger partial charge in [-0.3, -0.25) is 0 Å². The Morgan fingerprint density at radius 3 is 2.62 bits per heavy atom. The molecule has 0 aliphatic rings. The molecule has 0 spiro atoms. The summed E-state index contributed by atoms with van der Waals surface area (Å²) < 4.78 is 0. The van der Waals surface area contributed by atoms with Crippen molar-refractivity contribution >= 4 is 10.8 Å². The van der Waals surface area contributed by atoms with E-state index >= 15 is 0 Å². The zero-order chi connectivity index (χ0) is 11.4. The van der Waals surface area contributed by atoms with E-state index in [1.807, 2.05) is 0 Å². The standard InChI is InChI=1S/C16H18/c1-3-8-13(4-2)15-12-7-10-14-9-5-6-11-16(14)15/h4-7,9-13H,2-3,8H2,1H3. The van der Waals surface area contributed by atoms with Crippen LogP contribution in [-0.2, 0) is 0 Å². The molecule has 1 unspecified atom stereocenters. The van der Waals surface area contributed by atoms with Crippen LogP contribution < -0.4 is 0 Å². The minimum absolute atomic E-state index is 0.482. The van der Waals surface area contributed by atoms with E-state index in [-0.39, 0.29) is 0 Å². The van der Waals surface area contributed by atoms with Gasteiger partial charge in [-0.15, -0.1) is 6.58 Å². The van der Waals surface area contributed by atoms with E-state index in [4.69, 9.17) is 0 Å². The summed E-state index contributed by atoms with van der Waals surface area (Å²) in [6.45, 7) is 6.19. The van der Waals surface area contributed by atoms with Crippen LogP contribution in [0.1, 0.15) is 31.2 Å². The SMILES string of the molecule is C=CC(CCC)c1cccc2ccccc12. The predicted octanol–water partition coefficient (Wildman–Crippen LogP) is 4.91. The van der Waals surface area contributed by atoms with Crippen molar-refractivity contribution in [1.82, 2.24) is 0 Å². The van der Waals surface area contributed by atoms with Crippen LogP contribution >= 0.6 is 0 Å². The summed E-state index contributed by atoms with van der Waals surface area (Å²) in [4.78, 5) is 0. The van der Waals surface area contributed by atoms with Crippen LogP contribution in [0.3, 0.4) is 0 Å². The summed E-state index contributed by atoms with van der Waals surface area (Å²) in [6.07, 6.45) is 4.45. The summed E-state index contributed by atoms with van der Waals surface area (Å²) >= 11 is 0. The van der Waals surface area contributed by atoms with Gasteiger partial charge in [0.15, 0.2) is 0 Å². The summed E-state index contributed by atoms with van der Waals surface area (Å²) in [6, 6.07) is 15.1. The third kappa shape index (κ3) is 2.01. The van der Waals surface area contributed by atoms with E-state index in [2.05, 4.69) is 62.0 Å². The molecule has 0 bridgehead atoms. The lowest BCUT2D eigenvalue weighted by atomic mass is 9.90. The molecule has 0 saturated heterocycles. The van der Waals surface area contributed by atoms with Crippen LogP contribution in [0.15, 0.2) is 55.1 Å². The normalized spacial score (nSPS) is 12.6. The Morgan fingerprint density at radius 1 is 1.12 bits per heavy atom. The molecule has 0 nitrogen and oxygen atoms in total. The number of rotatable bonds is 4. The molecule has 2 aromatic carbocycles. The molecular weight excluding hydrogens is 192 g/mol. The fourth-order valence-corrected chi connectivity index (χ4v) is 2.29. The predicted molar refractivity (Wildman–Crippen MR) is 71.8 cm³/mol. The summed E-state index contributed by atoms with van der Waals surface area (Å²) in [5.41, 5.74) is 1.41. The molecule has 0 aliphatic carbocycles. The van der Waals surface area contributed by atoms with Gasteiger partial charge in [0.2, 0.25) is 0 Å². The molecule has 2 aromatic rings. The van der Waals surface area contributed by atoms with Gasteiger partial charge < -0.3 is 0 Å². The highest BCUT2D eigenvalue weighted by Crippen LogP contribution is 2.29. The first kappa shape index (κ1) is 10.9. The van der Waals surface area contributed by atoms with Gasteiger partial charge in [-0.05, 0) is 22.8 Å². The van der Waals surface area contributed by atoms with Crippen molar-refractivity contribution < 1.29 is 0 Å². The molecule has 82 valence electrons. The van der Waals surface area contributed by atoms with Gasteiger partial charge in [-0.2, -0.15) is 0 Å². The maximum Gasteiger partial charge on any atom is 0.00213 e. The van der Waals surface area contributed by atoms with E-state index in [1.54, 1.807) is 0 Å². The lowest BCUT2D eigenvalue weighted by Crippen LogP contribution is -1.95. The van der Waals surface area contributed by atoms with Crippen molar-refractivity contribution in [3.63, 3.8) is 0 Å². The van der Waals surface area contributed by atoms with E-state index < -0.39 is 0 Å². The third-order valence-electron chi connectivity index (χ3n) is 3.11. The molecule has 16 heavy (non-hydrogen) atoms. The topological polar surface area (TPSA) is 0 Å². The second-order valence-corrected chi connectivity index (χ2v) is 4.20. The van der Waals surface area contributed by atoms with E-state index in [0.29, 0.717) is 5.92 Å². The number of benzene rings is 2. The number of fused-ring (bicyclic) bond motifs is 1. The Labute approximate surface area is 97.6 Å². The van der Waals surface area contributed by atoms with E-state index in [0.717, 1.165) is 0 Å². The zero-order valence-electron chi connectivity index (χ0n) is 9.82. The first-order valence-corrected chi connectivity index (χ1v) is 5.97. The van der Waals surface area contributed by atoms with Gasteiger partial charge in [0.1, 0.15) is 0 Å². The summed E-state index contributed by atoms with van der Waals surface area (Å²) in [5.74, 6) is 0.482. The molecular formula is C16H18. The summed E-state index contributed by atoms with van der Waals surface area (Å²) in [5, 5.41) is 2.69. The van der Waals surface area contributed by atoms with E-state index in [1.165, 1.54) is 29.2 Å². The number of hydrogen-bond donors (Lipinski definition) is 0. The van der Waals surface area contributed by atoms with Gasteiger partial charge >= 0.3 is 0 Å². The third-order valence-corrected chi connectivity index (χ3v) is 3.11. The molecule has 0 saturated carbocycles. The number of hydrogen-bond acceptors (Lipinski definition) is 0. The highest BCUT2D eigenvalue weighted by atomic mass is 14.1. The van der Waals surface area contributed by atoms with Gasteiger partial charge in [-0.1, -0.05) is 61.9 Å². The quantitative estimate of drug-likeness (QED) is 0.629. The molecule has 0 aromatic heterocycles. The van der Waals surface area contributed by atoms with Crippen molar-refractivity contribution in [2.45, 2.75) is 25.7 Å².